The first kappa shape index (κ1) is 13.7. The zero-order valence-electron chi connectivity index (χ0n) is 12.0. The standard InChI is InChI=1S/C14H20N4OS/c1-9-12(10(2)19-18-9)8-20-14-15-13(16-17-14)7-11-5-3-4-6-11/h11H,3-8H2,1-2H3,(H,15,16,17). The number of hydrogen-bond acceptors (Lipinski definition) is 5. The normalized spacial score (nSPS) is 16.1. The van der Waals surface area contributed by atoms with E-state index >= 15 is 0 Å². The summed E-state index contributed by atoms with van der Waals surface area (Å²) in [6, 6.07) is 0. The van der Waals surface area contributed by atoms with Crippen LogP contribution in [0.4, 0.5) is 0 Å². The summed E-state index contributed by atoms with van der Waals surface area (Å²) in [5.41, 5.74) is 2.11. The van der Waals surface area contributed by atoms with Gasteiger partial charge in [-0.1, -0.05) is 42.6 Å². The second-order valence-corrected chi connectivity index (χ2v) is 6.45. The number of H-pyrrole nitrogens is 1. The molecule has 0 amide bonds. The molecule has 1 N–H and O–H groups in total. The largest absolute Gasteiger partial charge is 0.361 e. The zero-order valence-corrected chi connectivity index (χ0v) is 12.8. The lowest BCUT2D eigenvalue weighted by atomic mass is 10.0. The van der Waals surface area contributed by atoms with Crippen molar-refractivity contribution in [3.05, 3.63) is 22.8 Å². The molecule has 0 aromatic carbocycles. The van der Waals surface area contributed by atoms with E-state index in [4.69, 9.17) is 4.52 Å². The van der Waals surface area contributed by atoms with E-state index in [1.165, 1.54) is 25.7 Å². The van der Waals surface area contributed by atoms with Crippen LogP contribution in [0.2, 0.25) is 0 Å². The number of nitrogens with zero attached hydrogens (tertiary/aromatic N) is 3. The molecule has 5 nitrogen and oxygen atoms in total. The molecule has 1 fully saturated rings. The maximum atomic E-state index is 5.17. The highest BCUT2D eigenvalue weighted by Gasteiger charge is 2.17. The van der Waals surface area contributed by atoms with Crippen molar-refractivity contribution in [2.75, 3.05) is 0 Å². The Morgan fingerprint density at radius 1 is 1.30 bits per heavy atom. The number of aromatic amines is 1. The molecule has 3 rings (SSSR count). The summed E-state index contributed by atoms with van der Waals surface area (Å²) in [5.74, 6) is 3.51. The van der Waals surface area contributed by atoms with E-state index in [2.05, 4.69) is 20.3 Å². The SMILES string of the molecule is Cc1noc(C)c1CSc1n[nH]c(CC2CCCC2)n1. The molecular formula is C14H20N4OS. The molecule has 1 aliphatic carbocycles. The quantitative estimate of drug-likeness (QED) is 0.855. The van der Waals surface area contributed by atoms with E-state index in [0.717, 1.165) is 46.1 Å². The van der Waals surface area contributed by atoms with Gasteiger partial charge in [0.2, 0.25) is 5.16 Å². The second kappa shape index (κ2) is 5.99. The molecule has 6 heteroatoms. The van der Waals surface area contributed by atoms with Gasteiger partial charge in [-0.05, 0) is 19.8 Å². The Kier molecular flexibility index (Phi) is 4.10. The second-order valence-electron chi connectivity index (χ2n) is 5.51. The van der Waals surface area contributed by atoms with Crippen molar-refractivity contribution >= 4 is 11.8 Å². The number of hydrogen-bond donors (Lipinski definition) is 1. The Morgan fingerprint density at radius 2 is 2.10 bits per heavy atom. The molecule has 1 saturated carbocycles. The van der Waals surface area contributed by atoms with Gasteiger partial charge in [-0.2, -0.15) is 0 Å². The van der Waals surface area contributed by atoms with Gasteiger partial charge < -0.3 is 4.52 Å². The van der Waals surface area contributed by atoms with E-state index < -0.39 is 0 Å². The molecule has 0 unspecified atom stereocenters. The first-order valence-corrected chi connectivity index (χ1v) is 8.16. The average Bonchev–Trinajstić information content (AvgIpc) is 3.14. The maximum absolute atomic E-state index is 5.17. The van der Waals surface area contributed by atoms with Gasteiger partial charge in [0, 0.05) is 17.7 Å². The van der Waals surface area contributed by atoms with Gasteiger partial charge in [0.15, 0.2) is 0 Å². The first-order valence-electron chi connectivity index (χ1n) is 7.18. The number of aromatic nitrogens is 4. The molecule has 1 aliphatic rings. The number of nitrogens with one attached hydrogen (secondary N) is 1. The van der Waals surface area contributed by atoms with Crippen LogP contribution in [0.1, 0.15) is 48.5 Å². The minimum absolute atomic E-state index is 0.795. The highest BCUT2D eigenvalue weighted by atomic mass is 32.2. The summed E-state index contributed by atoms with van der Waals surface area (Å²) in [6.07, 6.45) is 6.45. The van der Waals surface area contributed by atoms with Crippen LogP contribution >= 0.6 is 11.8 Å². The van der Waals surface area contributed by atoms with E-state index in [0.29, 0.717) is 0 Å². The predicted molar refractivity (Wildman–Crippen MR) is 77.6 cm³/mol. The van der Waals surface area contributed by atoms with E-state index in [9.17, 15) is 0 Å². The summed E-state index contributed by atoms with van der Waals surface area (Å²) in [6.45, 7) is 3.91. The molecule has 20 heavy (non-hydrogen) atoms. The van der Waals surface area contributed by atoms with Gasteiger partial charge in [0.1, 0.15) is 11.6 Å². The van der Waals surface area contributed by atoms with Crippen LogP contribution in [-0.2, 0) is 12.2 Å². The topological polar surface area (TPSA) is 67.6 Å². The molecule has 2 heterocycles. The van der Waals surface area contributed by atoms with E-state index in [-0.39, 0.29) is 0 Å². The summed E-state index contributed by atoms with van der Waals surface area (Å²) in [7, 11) is 0. The third-order valence-electron chi connectivity index (χ3n) is 3.99. The van der Waals surface area contributed by atoms with Crippen molar-refractivity contribution in [1.29, 1.82) is 0 Å². The Hall–Kier alpha value is -1.30. The molecule has 0 radical (unpaired) electrons. The summed E-state index contributed by atoms with van der Waals surface area (Å²) < 4.78 is 5.17. The lowest BCUT2D eigenvalue weighted by Gasteiger charge is -2.04. The van der Waals surface area contributed by atoms with Crippen molar-refractivity contribution in [1.82, 2.24) is 20.3 Å². The van der Waals surface area contributed by atoms with Crippen LogP contribution in [0.15, 0.2) is 9.68 Å². The maximum Gasteiger partial charge on any atom is 0.208 e. The van der Waals surface area contributed by atoms with Crippen LogP contribution in [0.3, 0.4) is 0 Å². The Balaban J connectivity index is 1.57. The van der Waals surface area contributed by atoms with Crippen LogP contribution < -0.4 is 0 Å². The number of thioether (sulfide) groups is 1. The summed E-state index contributed by atoms with van der Waals surface area (Å²) in [5, 5.41) is 12.1. The predicted octanol–water partition coefficient (Wildman–Crippen LogP) is 3.43. The van der Waals surface area contributed by atoms with E-state index in [1.807, 2.05) is 13.8 Å². The van der Waals surface area contributed by atoms with Crippen LogP contribution in [0.5, 0.6) is 0 Å². The minimum Gasteiger partial charge on any atom is -0.361 e. The number of aryl methyl sites for hydroxylation is 2. The molecular weight excluding hydrogens is 272 g/mol. The minimum atomic E-state index is 0.795. The summed E-state index contributed by atoms with van der Waals surface area (Å²) in [4.78, 5) is 4.58. The molecule has 0 saturated heterocycles. The van der Waals surface area contributed by atoms with Gasteiger partial charge >= 0.3 is 0 Å². The molecule has 2 aromatic heterocycles. The zero-order chi connectivity index (χ0) is 13.9. The molecule has 108 valence electrons. The van der Waals surface area contributed by atoms with Crippen LogP contribution in [-0.4, -0.2) is 20.3 Å². The van der Waals surface area contributed by atoms with Crippen molar-refractivity contribution in [2.24, 2.45) is 5.92 Å². The third kappa shape index (κ3) is 3.06. The fraction of sp³-hybridized carbons (Fsp3) is 0.643. The monoisotopic (exact) mass is 292 g/mol. The number of rotatable bonds is 5. The first-order chi connectivity index (χ1) is 9.72. The molecule has 0 atom stereocenters. The van der Waals surface area contributed by atoms with Gasteiger partial charge in [-0.15, -0.1) is 5.10 Å². The molecule has 2 aromatic rings. The van der Waals surface area contributed by atoms with E-state index in [1.54, 1.807) is 11.8 Å². The lowest BCUT2D eigenvalue weighted by Crippen LogP contribution is -2.00. The average molecular weight is 292 g/mol. The van der Waals surface area contributed by atoms with Gasteiger partial charge in [-0.25, -0.2) is 4.98 Å². The molecule has 0 bridgehead atoms. The highest BCUT2D eigenvalue weighted by Crippen LogP contribution is 2.28. The fourth-order valence-corrected chi connectivity index (χ4v) is 3.74. The highest BCUT2D eigenvalue weighted by molar-refractivity contribution is 7.98. The van der Waals surface area contributed by atoms with Crippen molar-refractivity contribution in [3.8, 4) is 0 Å². The van der Waals surface area contributed by atoms with Crippen molar-refractivity contribution in [3.63, 3.8) is 0 Å². The Labute approximate surface area is 122 Å². The smallest absolute Gasteiger partial charge is 0.208 e. The van der Waals surface area contributed by atoms with Crippen molar-refractivity contribution < 1.29 is 4.52 Å². The summed E-state index contributed by atoms with van der Waals surface area (Å²) >= 11 is 1.63. The Bertz CT molecular complexity index is 552. The third-order valence-corrected chi connectivity index (χ3v) is 4.87. The fourth-order valence-electron chi connectivity index (χ4n) is 2.77. The van der Waals surface area contributed by atoms with Gasteiger partial charge in [-0.3, -0.25) is 5.10 Å². The van der Waals surface area contributed by atoms with Crippen LogP contribution in [0, 0.1) is 19.8 Å². The molecule has 0 aliphatic heterocycles. The lowest BCUT2D eigenvalue weighted by molar-refractivity contribution is 0.392. The van der Waals surface area contributed by atoms with Crippen LogP contribution in [0.25, 0.3) is 0 Å². The molecule has 0 spiro atoms. The Morgan fingerprint density at radius 3 is 2.80 bits per heavy atom. The van der Waals surface area contributed by atoms with Gasteiger partial charge in [0.05, 0.1) is 5.69 Å². The van der Waals surface area contributed by atoms with Crippen molar-refractivity contribution in [2.45, 2.75) is 56.9 Å². The van der Waals surface area contributed by atoms with Gasteiger partial charge in [0.25, 0.3) is 0 Å².